The van der Waals surface area contributed by atoms with E-state index in [1.165, 1.54) is 13.3 Å². The van der Waals surface area contributed by atoms with Crippen LogP contribution in [-0.2, 0) is 9.63 Å². The van der Waals surface area contributed by atoms with E-state index >= 15 is 0 Å². The fourth-order valence-electron chi connectivity index (χ4n) is 0.667. The van der Waals surface area contributed by atoms with E-state index in [9.17, 15) is 4.79 Å². The molecule has 0 bridgehead atoms. The molecule has 0 spiro atoms. The molecule has 1 heterocycles. The minimum absolute atomic E-state index is 0.0227. The fraction of sp³-hybridized carbons (Fsp3) is 0.167. The third kappa shape index (κ3) is 1.60. The number of hydrogen-bond acceptors (Lipinski definition) is 5. The summed E-state index contributed by atoms with van der Waals surface area (Å²) >= 11 is 0. The van der Waals surface area contributed by atoms with Gasteiger partial charge in [-0.25, -0.2) is 4.98 Å². The van der Waals surface area contributed by atoms with Crippen LogP contribution in [0.2, 0.25) is 0 Å². The number of aromatic nitrogens is 2. The maximum Gasteiger partial charge on any atom is 0.259 e. The van der Waals surface area contributed by atoms with Gasteiger partial charge in [0.25, 0.3) is 6.29 Å². The SMILES string of the molecule is CON=C([C]=O)c1c[nH]c(N)n1. The molecule has 3 N–H and O–H groups in total. The third-order valence-electron chi connectivity index (χ3n) is 1.12. The molecule has 0 aliphatic rings. The molecule has 0 aromatic carbocycles. The summed E-state index contributed by atoms with van der Waals surface area (Å²) < 4.78 is 0. The number of nitrogens with one attached hydrogen (secondary N) is 1. The highest BCUT2D eigenvalue weighted by Crippen LogP contribution is 1.98. The van der Waals surface area contributed by atoms with E-state index in [1.807, 2.05) is 0 Å². The molecule has 0 saturated heterocycles. The van der Waals surface area contributed by atoms with Gasteiger partial charge in [0.2, 0.25) is 0 Å². The second kappa shape index (κ2) is 3.51. The van der Waals surface area contributed by atoms with Crippen LogP contribution in [0.3, 0.4) is 0 Å². The Morgan fingerprint density at radius 3 is 3.08 bits per heavy atom. The van der Waals surface area contributed by atoms with Crippen molar-refractivity contribution in [1.29, 1.82) is 0 Å². The minimum Gasteiger partial charge on any atom is -0.398 e. The van der Waals surface area contributed by atoms with Crippen molar-refractivity contribution in [3.05, 3.63) is 11.9 Å². The molecule has 12 heavy (non-hydrogen) atoms. The Balaban J connectivity index is 2.94. The Labute approximate surface area is 68.4 Å². The Morgan fingerprint density at radius 1 is 1.92 bits per heavy atom. The van der Waals surface area contributed by atoms with E-state index in [-0.39, 0.29) is 11.7 Å². The molecule has 0 fully saturated rings. The van der Waals surface area contributed by atoms with Crippen LogP contribution < -0.4 is 5.73 Å². The van der Waals surface area contributed by atoms with Crippen LogP contribution in [0.1, 0.15) is 5.69 Å². The number of nitrogen functional groups attached to an aromatic ring is 1. The van der Waals surface area contributed by atoms with Crippen molar-refractivity contribution in [2.45, 2.75) is 0 Å². The molecule has 0 atom stereocenters. The normalized spacial score (nSPS) is 11.2. The van der Waals surface area contributed by atoms with Gasteiger partial charge in [-0.1, -0.05) is 5.16 Å². The van der Waals surface area contributed by atoms with Crippen molar-refractivity contribution in [3.8, 4) is 0 Å². The second-order valence-electron chi connectivity index (χ2n) is 1.90. The van der Waals surface area contributed by atoms with Crippen molar-refractivity contribution in [3.63, 3.8) is 0 Å². The monoisotopic (exact) mass is 167 g/mol. The molecular formula is C6H7N4O2. The number of imidazole rings is 1. The molecule has 0 unspecified atom stereocenters. The molecule has 6 heteroatoms. The number of carbonyl (C=O) groups excluding carboxylic acids is 1. The molecule has 0 saturated carbocycles. The first-order valence-corrected chi connectivity index (χ1v) is 3.08. The van der Waals surface area contributed by atoms with Gasteiger partial charge in [0.15, 0.2) is 11.7 Å². The summed E-state index contributed by atoms with van der Waals surface area (Å²) in [6, 6.07) is 0. The van der Waals surface area contributed by atoms with Gasteiger partial charge in [0, 0.05) is 6.20 Å². The van der Waals surface area contributed by atoms with Gasteiger partial charge in [-0.15, -0.1) is 0 Å². The van der Waals surface area contributed by atoms with Crippen molar-refractivity contribution in [2.75, 3.05) is 12.8 Å². The first-order chi connectivity index (χ1) is 5.77. The number of oxime groups is 1. The molecular weight excluding hydrogens is 160 g/mol. The fourth-order valence-corrected chi connectivity index (χ4v) is 0.667. The van der Waals surface area contributed by atoms with Gasteiger partial charge >= 0.3 is 0 Å². The molecule has 1 radical (unpaired) electrons. The number of aromatic amines is 1. The van der Waals surface area contributed by atoms with E-state index in [2.05, 4.69) is 20.0 Å². The predicted octanol–water partition coefficient (Wildman–Crippen LogP) is -0.548. The summed E-state index contributed by atoms with van der Waals surface area (Å²) in [4.78, 5) is 21.0. The molecule has 0 aliphatic heterocycles. The molecule has 1 rings (SSSR count). The van der Waals surface area contributed by atoms with Crippen molar-refractivity contribution >= 4 is 17.9 Å². The molecule has 0 amide bonds. The second-order valence-corrected chi connectivity index (χ2v) is 1.90. The van der Waals surface area contributed by atoms with E-state index < -0.39 is 0 Å². The Hall–Kier alpha value is -1.85. The first-order valence-electron chi connectivity index (χ1n) is 3.08. The van der Waals surface area contributed by atoms with Crippen LogP contribution >= 0.6 is 0 Å². The Morgan fingerprint density at radius 2 is 2.67 bits per heavy atom. The number of H-pyrrole nitrogens is 1. The van der Waals surface area contributed by atoms with E-state index in [0.717, 1.165) is 0 Å². The lowest BCUT2D eigenvalue weighted by molar-refractivity contribution is 0.214. The van der Waals surface area contributed by atoms with Gasteiger partial charge in [-0.2, -0.15) is 0 Å². The standard InChI is InChI=1S/C6H7N4O2/c1-12-10-5(3-11)4-2-8-6(7)9-4/h2H,1H3,(H3,7,8,9). The first kappa shape index (κ1) is 8.25. The largest absolute Gasteiger partial charge is 0.398 e. The summed E-state index contributed by atoms with van der Waals surface area (Å²) in [5, 5.41) is 3.38. The number of anilines is 1. The quantitative estimate of drug-likeness (QED) is 0.466. The predicted molar refractivity (Wildman–Crippen MR) is 42.2 cm³/mol. The summed E-state index contributed by atoms with van der Waals surface area (Å²) in [6.45, 7) is 0. The lowest BCUT2D eigenvalue weighted by Crippen LogP contribution is -2.03. The molecule has 6 nitrogen and oxygen atoms in total. The van der Waals surface area contributed by atoms with Crippen LogP contribution in [-0.4, -0.2) is 29.1 Å². The van der Waals surface area contributed by atoms with Gasteiger partial charge in [0.1, 0.15) is 12.8 Å². The zero-order chi connectivity index (χ0) is 8.97. The minimum atomic E-state index is -0.0227. The maximum atomic E-state index is 10.3. The van der Waals surface area contributed by atoms with Crippen molar-refractivity contribution in [1.82, 2.24) is 9.97 Å². The average molecular weight is 167 g/mol. The van der Waals surface area contributed by atoms with E-state index in [1.54, 1.807) is 6.29 Å². The Bertz CT molecular complexity index is 304. The zero-order valence-electron chi connectivity index (χ0n) is 6.37. The van der Waals surface area contributed by atoms with Crippen LogP contribution in [0.15, 0.2) is 11.4 Å². The Kier molecular flexibility index (Phi) is 2.42. The topological polar surface area (TPSA) is 93.4 Å². The third-order valence-corrected chi connectivity index (χ3v) is 1.12. The summed E-state index contributed by atoms with van der Waals surface area (Å²) in [7, 11) is 1.33. The van der Waals surface area contributed by atoms with Gasteiger partial charge in [0.05, 0.1) is 0 Å². The van der Waals surface area contributed by atoms with Crippen LogP contribution in [0, 0.1) is 0 Å². The molecule has 1 aromatic heterocycles. The maximum absolute atomic E-state index is 10.3. The average Bonchev–Trinajstić information content (AvgIpc) is 2.47. The van der Waals surface area contributed by atoms with Gasteiger partial charge in [-0.3, -0.25) is 4.79 Å². The highest BCUT2D eigenvalue weighted by atomic mass is 16.6. The summed E-state index contributed by atoms with van der Waals surface area (Å²) in [5.74, 6) is 0.212. The van der Waals surface area contributed by atoms with Crippen molar-refractivity contribution in [2.24, 2.45) is 5.16 Å². The van der Waals surface area contributed by atoms with E-state index in [0.29, 0.717) is 5.69 Å². The number of nitrogens with zero attached hydrogens (tertiary/aromatic N) is 2. The number of nitrogens with two attached hydrogens (primary N) is 1. The molecule has 1 aromatic rings. The zero-order valence-corrected chi connectivity index (χ0v) is 6.37. The number of rotatable bonds is 3. The highest BCUT2D eigenvalue weighted by molar-refractivity contribution is 6.35. The van der Waals surface area contributed by atoms with Crippen LogP contribution in [0.4, 0.5) is 5.95 Å². The van der Waals surface area contributed by atoms with Crippen LogP contribution in [0.5, 0.6) is 0 Å². The van der Waals surface area contributed by atoms with Gasteiger partial charge < -0.3 is 15.6 Å². The summed E-state index contributed by atoms with van der Waals surface area (Å²) in [5.41, 5.74) is 5.56. The lowest BCUT2D eigenvalue weighted by Gasteiger charge is -1.89. The van der Waals surface area contributed by atoms with E-state index in [4.69, 9.17) is 5.73 Å². The lowest BCUT2D eigenvalue weighted by atomic mass is 10.3. The molecule has 63 valence electrons. The smallest absolute Gasteiger partial charge is 0.259 e. The number of hydrogen-bond donors (Lipinski definition) is 2. The summed E-state index contributed by atoms with van der Waals surface area (Å²) in [6.07, 6.45) is 3.01. The van der Waals surface area contributed by atoms with Crippen LogP contribution in [0.25, 0.3) is 0 Å². The van der Waals surface area contributed by atoms with Crippen molar-refractivity contribution < 1.29 is 9.63 Å². The highest BCUT2D eigenvalue weighted by Gasteiger charge is 2.07. The molecule has 0 aliphatic carbocycles. The van der Waals surface area contributed by atoms with Gasteiger partial charge in [-0.05, 0) is 0 Å².